The molecule has 3 rings (SSSR count). The van der Waals surface area contributed by atoms with Crippen LogP contribution in [0.1, 0.15) is 51.3 Å². The highest BCUT2D eigenvalue weighted by molar-refractivity contribution is 7.16. The third-order valence-corrected chi connectivity index (χ3v) is 4.90. The van der Waals surface area contributed by atoms with Gasteiger partial charge in [0.25, 0.3) is 0 Å². The van der Waals surface area contributed by atoms with Gasteiger partial charge in [0.05, 0.1) is 5.39 Å². The van der Waals surface area contributed by atoms with Crippen LogP contribution in [0.5, 0.6) is 0 Å². The van der Waals surface area contributed by atoms with Gasteiger partial charge in [0.2, 0.25) is 0 Å². The highest BCUT2D eigenvalue weighted by atomic mass is 32.1. The third kappa shape index (κ3) is 2.40. The maximum atomic E-state index is 6.14. The Bertz CT molecular complexity index is 588. The zero-order valence-electron chi connectivity index (χ0n) is 11.9. The number of thiophene rings is 1. The molecule has 1 aliphatic carbocycles. The van der Waals surface area contributed by atoms with E-state index in [4.69, 9.17) is 15.5 Å². The standard InChI is InChI=1S/C15H21N3OS/c1-2-19-15(8-5-3-4-6-9-15)14-17-12(16)11-7-10-20-13(11)18-14/h7,10H,2-6,8-9H2,1H3,(H2,16,17,18). The third-order valence-electron chi connectivity index (χ3n) is 4.09. The molecule has 0 bridgehead atoms. The van der Waals surface area contributed by atoms with E-state index in [-0.39, 0.29) is 5.60 Å². The van der Waals surface area contributed by atoms with Gasteiger partial charge in [-0.1, -0.05) is 25.7 Å². The highest BCUT2D eigenvalue weighted by Gasteiger charge is 2.37. The molecule has 2 aromatic heterocycles. The molecule has 0 aromatic carbocycles. The van der Waals surface area contributed by atoms with E-state index in [2.05, 4.69) is 4.98 Å². The molecule has 0 amide bonds. The smallest absolute Gasteiger partial charge is 0.164 e. The van der Waals surface area contributed by atoms with Crippen LogP contribution in [0.3, 0.4) is 0 Å². The Morgan fingerprint density at radius 1 is 1.25 bits per heavy atom. The van der Waals surface area contributed by atoms with Crippen molar-refractivity contribution in [2.75, 3.05) is 12.3 Å². The van der Waals surface area contributed by atoms with Crippen LogP contribution in [0.15, 0.2) is 11.4 Å². The monoisotopic (exact) mass is 291 g/mol. The summed E-state index contributed by atoms with van der Waals surface area (Å²) in [6.07, 6.45) is 6.88. The zero-order chi connectivity index (χ0) is 14.0. The van der Waals surface area contributed by atoms with Crippen LogP contribution in [0.25, 0.3) is 10.2 Å². The largest absolute Gasteiger partial charge is 0.383 e. The van der Waals surface area contributed by atoms with E-state index >= 15 is 0 Å². The van der Waals surface area contributed by atoms with E-state index in [0.717, 1.165) is 28.9 Å². The van der Waals surface area contributed by atoms with E-state index in [0.29, 0.717) is 12.4 Å². The van der Waals surface area contributed by atoms with Gasteiger partial charge in [0.15, 0.2) is 5.82 Å². The summed E-state index contributed by atoms with van der Waals surface area (Å²) in [7, 11) is 0. The van der Waals surface area contributed by atoms with E-state index in [9.17, 15) is 0 Å². The molecule has 108 valence electrons. The van der Waals surface area contributed by atoms with Crippen molar-refractivity contribution in [3.05, 3.63) is 17.3 Å². The minimum atomic E-state index is -0.336. The maximum Gasteiger partial charge on any atom is 0.164 e. The molecular weight excluding hydrogens is 270 g/mol. The van der Waals surface area contributed by atoms with Crippen molar-refractivity contribution in [1.29, 1.82) is 0 Å². The molecular formula is C15H21N3OS. The van der Waals surface area contributed by atoms with E-state index in [1.54, 1.807) is 11.3 Å². The molecule has 0 unspecified atom stereocenters. The fraction of sp³-hybridized carbons (Fsp3) is 0.600. The number of nitrogens with zero attached hydrogens (tertiary/aromatic N) is 2. The number of hydrogen-bond acceptors (Lipinski definition) is 5. The van der Waals surface area contributed by atoms with Crippen molar-refractivity contribution in [3.63, 3.8) is 0 Å². The van der Waals surface area contributed by atoms with Crippen LogP contribution in [0.2, 0.25) is 0 Å². The summed E-state index contributed by atoms with van der Waals surface area (Å²) in [5.41, 5.74) is 5.77. The average molecular weight is 291 g/mol. The lowest BCUT2D eigenvalue weighted by Gasteiger charge is -2.31. The van der Waals surface area contributed by atoms with Gasteiger partial charge in [-0.2, -0.15) is 0 Å². The normalized spacial score (nSPS) is 19.1. The molecule has 2 heterocycles. The number of anilines is 1. The van der Waals surface area contributed by atoms with Gasteiger partial charge >= 0.3 is 0 Å². The van der Waals surface area contributed by atoms with Crippen molar-refractivity contribution in [3.8, 4) is 0 Å². The Morgan fingerprint density at radius 3 is 2.70 bits per heavy atom. The Hall–Kier alpha value is -1.20. The van der Waals surface area contributed by atoms with Crippen LogP contribution < -0.4 is 5.73 Å². The Balaban J connectivity index is 2.07. The SMILES string of the molecule is CCOC1(c2nc(N)c3ccsc3n2)CCCCCC1. The summed E-state index contributed by atoms with van der Waals surface area (Å²) >= 11 is 1.61. The summed E-state index contributed by atoms with van der Waals surface area (Å²) in [4.78, 5) is 10.3. The number of ether oxygens (including phenoxy) is 1. The van der Waals surface area contributed by atoms with Crippen LogP contribution in [-0.4, -0.2) is 16.6 Å². The first-order valence-corrected chi connectivity index (χ1v) is 8.28. The van der Waals surface area contributed by atoms with Crippen molar-refractivity contribution < 1.29 is 4.74 Å². The van der Waals surface area contributed by atoms with E-state index in [1.807, 2.05) is 18.4 Å². The predicted molar refractivity (Wildman–Crippen MR) is 82.8 cm³/mol. The fourth-order valence-electron chi connectivity index (χ4n) is 3.09. The second-order valence-electron chi connectivity index (χ2n) is 5.41. The highest BCUT2D eigenvalue weighted by Crippen LogP contribution is 2.39. The first-order chi connectivity index (χ1) is 9.75. The molecule has 0 atom stereocenters. The molecule has 1 aliphatic rings. The average Bonchev–Trinajstić information content (AvgIpc) is 2.79. The summed E-state index contributed by atoms with van der Waals surface area (Å²) in [6.45, 7) is 2.73. The molecule has 2 N–H and O–H groups in total. The molecule has 1 fully saturated rings. The zero-order valence-corrected chi connectivity index (χ0v) is 12.7. The van der Waals surface area contributed by atoms with Gasteiger partial charge in [0.1, 0.15) is 16.2 Å². The van der Waals surface area contributed by atoms with Crippen LogP contribution in [-0.2, 0) is 10.3 Å². The first kappa shape index (κ1) is 13.8. The second kappa shape index (κ2) is 5.66. The molecule has 5 heteroatoms. The minimum absolute atomic E-state index is 0.336. The number of rotatable bonds is 3. The predicted octanol–water partition coefficient (Wildman–Crippen LogP) is 3.86. The summed E-state index contributed by atoms with van der Waals surface area (Å²) in [6, 6.07) is 1.99. The summed E-state index contributed by atoms with van der Waals surface area (Å²) in [5, 5.41) is 2.97. The Morgan fingerprint density at radius 2 is 2.00 bits per heavy atom. The van der Waals surface area contributed by atoms with Crippen molar-refractivity contribution in [1.82, 2.24) is 9.97 Å². The molecule has 0 spiro atoms. The molecule has 20 heavy (non-hydrogen) atoms. The van der Waals surface area contributed by atoms with Crippen LogP contribution in [0, 0.1) is 0 Å². The van der Waals surface area contributed by atoms with E-state index in [1.165, 1.54) is 25.7 Å². The molecule has 0 radical (unpaired) electrons. The van der Waals surface area contributed by atoms with Gasteiger partial charge in [-0.05, 0) is 31.2 Å². The first-order valence-electron chi connectivity index (χ1n) is 7.40. The van der Waals surface area contributed by atoms with Crippen LogP contribution in [0.4, 0.5) is 5.82 Å². The number of fused-ring (bicyclic) bond motifs is 1. The van der Waals surface area contributed by atoms with Gasteiger partial charge < -0.3 is 10.5 Å². The fourth-order valence-corrected chi connectivity index (χ4v) is 3.86. The topological polar surface area (TPSA) is 61.0 Å². The minimum Gasteiger partial charge on any atom is -0.383 e. The molecule has 2 aromatic rings. The Kier molecular flexibility index (Phi) is 3.89. The molecule has 4 nitrogen and oxygen atoms in total. The lowest BCUT2D eigenvalue weighted by atomic mass is 9.93. The van der Waals surface area contributed by atoms with Gasteiger partial charge in [-0.15, -0.1) is 11.3 Å². The quantitative estimate of drug-likeness (QED) is 0.872. The number of nitrogen functional groups attached to an aromatic ring is 1. The second-order valence-corrected chi connectivity index (χ2v) is 6.31. The lowest BCUT2D eigenvalue weighted by molar-refractivity contribution is -0.0620. The van der Waals surface area contributed by atoms with E-state index < -0.39 is 0 Å². The molecule has 0 saturated heterocycles. The molecule has 1 saturated carbocycles. The number of aromatic nitrogens is 2. The number of hydrogen-bond donors (Lipinski definition) is 1. The number of nitrogens with two attached hydrogens (primary N) is 1. The summed E-state index contributed by atoms with van der Waals surface area (Å²) < 4.78 is 6.14. The Labute approximate surface area is 123 Å². The van der Waals surface area contributed by atoms with Crippen molar-refractivity contribution >= 4 is 27.4 Å². The summed E-state index contributed by atoms with van der Waals surface area (Å²) in [5.74, 6) is 1.36. The molecule has 0 aliphatic heterocycles. The van der Waals surface area contributed by atoms with Gasteiger partial charge in [0, 0.05) is 6.61 Å². The van der Waals surface area contributed by atoms with Crippen molar-refractivity contribution in [2.24, 2.45) is 0 Å². The lowest BCUT2D eigenvalue weighted by Crippen LogP contribution is -2.32. The van der Waals surface area contributed by atoms with Crippen LogP contribution >= 0.6 is 11.3 Å². The van der Waals surface area contributed by atoms with Crippen molar-refractivity contribution in [2.45, 2.75) is 51.0 Å². The maximum absolute atomic E-state index is 6.14. The van der Waals surface area contributed by atoms with Gasteiger partial charge in [-0.3, -0.25) is 0 Å². The van der Waals surface area contributed by atoms with Gasteiger partial charge in [-0.25, -0.2) is 9.97 Å².